The second-order valence-electron chi connectivity index (χ2n) is 8.36. The van der Waals surface area contributed by atoms with Gasteiger partial charge in [0.2, 0.25) is 5.95 Å². The monoisotopic (exact) mass is 422 g/mol. The molecule has 1 amide bonds. The van der Waals surface area contributed by atoms with E-state index in [0.717, 1.165) is 36.9 Å². The van der Waals surface area contributed by atoms with Crippen LogP contribution < -0.4 is 16.3 Å². The maximum Gasteiger partial charge on any atom is 0.330 e. The van der Waals surface area contributed by atoms with Crippen molar-refractivity contribution in [3.63, 3.8) is 0 Å². The lowest BCUT2D eigenvalue weighted by Gasteiger charge is -2.22. The molecule has 2 aromatic heterocycles. The number of benzene rings is 1. The first-order valence-electron chi connectivity index (χ1n) is 10.7. The van der Waals surface area contributed by atoms with Crippen LogP contribution >= 0.6 is 0 Å². The van der Waals surface area contributed by atoms with Crippen molar-refractivity contribution in [2.75, 3.05) is 18.5 Å². The van der Waals surface area contributed by atoms with E-state index in [2.05, 4.69) is 20.6 Å². The summed E-state index contributed by atoms with van der Waals surface area (Å²) < 4.78 is 8.81. The van der Waals surface area contributed by atoms with Crippen molar-refractivity contribution in [3.05, 3.63) is 46.0 Å². The van der Waals surface area contributed by atoms with Crippen LogP contribution in [0, 0.1) is 6.92 Å². The van der Waals surface area contributed by atoms with Gasteiger partial charge in [0, 0.05) is 43.6 Å². The van der Waals surface area contributed by atoms with Gasteiger partial charge in [-0.2, -0.15) is 4.98 Å². The zero-order valence-electron chi connectivity index (χ0n) is 17.7. The molecule has 0 atom stereocenters. The number of nitrogens with zero attached hydrogens (tertiary/aromatic N) is 4. The Kier molecular flexibility index (Phi) is 4.97. The molecule has 9 nitrogen and oxygen atoms in total. The molecule has 0 unspecified atom stereocenters. The van der Waals surface area contributed by atoms with E-state index in [-0.39, 0.29) is 17.6 Å². The van der Waals surface area contributed by atoms with E-state index in [1.165, 1.54) is 0 Å². The van der Waals surface area contributed by atoms with E-state index < -0.39 is 0 Å². The van der Waals surface area contributed by atoms with Crippen molar-refractivity contribution < 1.29 is 9.53 Å². The molecule has 1 aliphatic carbocycles. The third-order valence-electron chi connectivity index (χ3n) is 6.04. The summed E-state index contributed by atoms with van der Waals surface area (Å²) in [5, 5.41) is 6.24. The average Bonchev–Trinajstić information content (AvgIpc) is 3.55. The summed E-state index contributed by atoms with van der Waals surface area (Å²) in [5.74, 6) is 0.372. The summed E-state index contributed by atoms with van der Waals surface area (Å²) in [4.78, 5) is 34.2. The van der Waals surface area contributed by atoms with Crippen molar-refractivity contribution in [2.24, 2.45) is 7.05 Å². The molecule has 162 valence electrons. The first kappa shape index (κ1) is 19.7. The lowest BCUT2D eigenvalue weighted by molar-refractivity contribution is 0.0695. The molecule has 3 aromatic rings. The molecule has 2 N–H and O–H groups in total. The molecule has 1 saturated carbocycles. The molecular weight excluding hydrogens is 396 g/mol. The van der Waals surface area contributed by atoms with Crippen LogP contribution in [0.3, 0.4) is 0 Å². The lowest BCUT2D eigenvalue weighted by Crippen LogP contribution is -2.30. The summed E-state index contributed by atoms with van der Waals surface area (Å²) in [6.45, 7) is 3.22. The molecule has 0 bridgehead atoms. The highest BCUT2D eigenvalue weighted by Crippen LogP contribution is 2.26. The first-order chi connectivity index (χ1) is 15.0. The van der Waals surface area contributed by atoms with Crippen molar-refractivity contribution in [3.8, 4) is 0 Å². The van der Waals surface area contributed by atoms with E-state index in [1.807, 2.05) is 19.1 Å². The Balaban J connectivity index is 1.44. The zero-order valence-corrected chi connectivity index (χ0v) is 17.7. The number of ether oxygens (including phenoxy) is 1. The predicted octanol–water partition coefficient (Wildman–Crippen LogP) is 2.43. The Morgan fingerprint density at radius 3 is 2.68 bits per heavy atom. The van der Waals surface area contributed by atoms with Crippen LogP contribution in [-0.2, 0) is 11.8 Å². The normalized spacial score (nSPS) is 17.1. The molecule has 0 radical (unpaired) electrons. The molecular formula is C22H26N6O3. The summed E-state index contributed by atoms with van der Waals surface area (Å²) in [6.07, 6.45) is 5.37. The standard InChI is InChI=1S/C22H26N6O3/c1-13-11-14(20(29)24-15-4-5-15)3-6-17(13)25-21-23-12-18-19(26-21)28(22(30)27(18)2)16-7-9-31-10-8-16/h3,6,11-12,15-16H,4-5,7-10H2,1-2H3,(H,24,29)(H,23,25,26). The second-order valence-corrected chi connectivity index (χ2v) is 8.36. The summed E-state index contributed by atoms with van der Waals surface area (Å²) in [6, 6.07) is 5.91. The molecule has 2 fully saturated rings. The Hall–Kier alpha value is -3.20. The molecule has 9 heteroatoms. The van der Waals surface area contributed by atoms with E-state index in [0.29, 0.717) is 41.9 Å². The van der Waals surface area contributed by atoms with Crippen molar-refractivity contribution in [1.82, 2.24) is 24.4 Å². The third-order valence-corrected chi connectivity index (χ3v) is 6.04. The number of fused-ring (bicyclic) bond motifs is 1. The molecule has 31 heavy (non-hydrogen) atoms. The van der Waals surface area contributed by atoms with E-state index in [1.54, 1.807) is 28.4 Å². The average molecular weight is 422 g/mol. The number of carbonyl (C=O) groups is 1. The van der Waals surface area contributed by atoms with Crippen LogP contribution in [0.2, 0.25) is 0 Å². The van der Waals surface area contributed by atoms with Gasteiger partial charge in [-0.3, -0.25) is 13.9 Å². The number of nitrogens with one attached hydrogen (secondary N) is 2. The molecule has 1 saturated heterocycles. The fourth-order valence-corrected chi connectivity index (χ4v) is 4.03. The zero-order chi connectivity index (χ0) is 21.5. The highest BCUT2D eigenvalue weighted by atomic mass is 16.5. The Labute approximate surface area is 179 Å². The minimum absolute atomic E-state index is 0.0421. The van der Waals surface area contributed by atoms with Gasteiger partial charge in [-0.25, -0.2) is 9.78 Å². The number of aromatic nitrogens is 4. The second kappa shape index (κ2) is 7.81. The number of imidazole rings is 1. The van der Waals surface area contributed by atoms with Gasteiger partial charge in [0.25, 0.3) is 5.91 Å². The van der Waals surface area contributed by atoms with E-state index in [4.69, 9.17) is 4.74 Å². The number of hydrogen-bond acceptors (Lipinski definition) is 6. The first-order valence-corrected chi connectivity index (χ1v) is 10.7. The molecule has 5 rings (SSSR count). The molecule has 0 spiro atoms. The van der Waals surface area contributed by atoms with Gasteiger partial charge < -0.3 is 15.4 Å². The summed E-state index contributed by atoms with van der Waals surface area (Å²) in [7, 11) is 1.74. The Morgan fingerprint density at radius 2 is 1.97 bits per heavy atom. The smallest absolute Gasteiger partial charge is 0.330 e. The minimum Gasteiger partial charge on any atom is -0.381 e. The van der Waals surface area contributed by atoms with Crippen LogP contribution in [0.5, 0.6) is 0 Å². The van der Waals surface area contributed by atoms with Gasteiger partial charge in [0.15, 0.2) is 5.65 Å². The molecule has 1 aliphatic heterocycles. The van der Waals surface area contributed by atoms with Crippen LogP contribution in [0.15, 0.2) is 29.2 Å². The number of carbonyl (C=O) groups excluding carboxylic acids is 1. The Bertz CT molecular complexity index is 1200. The van der Waals surface area contributed by atoms with Crippen LogP contribution in [-0.4, -0.2) is 44.3 Å². The maximum absolute atomic E-state index is 12.9. The van der Waals surface area contributed by atoms with E-state index >= 15 is 0 Å². The minimum atomic E-state index is -0.0874. The number of aryl methyl sites for hydroxylation is 2. The number of anilines is 2. The highest BCUT2D eigenvalue weighted by Gasteiger charge is 2.25. The summed E-state index contributed by atoms with van der Waals surface area (Å²) >= 11 is 0. The maximum atomic E-state index is 12.9. The fraction of sp³-hybridized carbons (Fsp3) is 0.455. The predicted molar refractivity (Wildman–Crippen MR) is 117 cm³/mol. The van der Waals surface area contributed by atoms with Crippen LogP contribution in [0.4, 0.5) is 11.6 Å². The molecule has 1 aromatic carbocycles. The quantitative estimate of drug-likeness (QED) is 0.655. The lowest BCUT2D eigenvalue weighted by atomic mass is 10.1. The largest absolute Gasteiger partial charge is 0.381 e. The highest BCUT2D eigenvalue weighted by molar-refractivity contribution is 5.95. The summed E-state index contributed by atoms with van der Waals surface area (Å²) in [5.41, 5.74) is 3.61. The van der Waals surface area contributed by atoms with Gasteiger partial charge in [-0.05, 0) is 56.4 Å². The van der Waals surface area contributed by atoms with Crippen molar-refractivity contribution >= 4 is 28.7 Å². The number of amides is 1. The molecule has 2 aliphatic rings. The van der Waals surface area contributed by atoms with Crippen molar-refractivity contribution in [1.29, 1.82) is 0 Å². The van der Waals surface area contributed by atoms with Gasteiger partial charge in [-0.1, -0.05) is 0 Å². The third kappa shape index (κ3) is 3.81. The molecule has 3 heterocycles. The van der Waals surface area contributed by atoms with Crippen LogP contribution in [0.25, 0.3) is 11.2 Å². The van der Waals surface area contributed by atoms with Gasteiger partial charge in [0.1, 0.15) is 5.52 Å². The fourth-order valence-electron chi connectivity index (χ4n) is 4.03. The SMILES string of the molecule is Cc1cc(C(=O)NC2CC2)ccc1Nc1ncc2c(n1)n(C1CCOCC1)c(=O)n2C. The Morgan fingerprint density at radius 1 is 1.19 bits per heavy atom. The van der Waals surface area contributed by atoms with Gasteiger partial charge >= 0.3 is 5.69 Å². The number of hydrogen-bond donors (Lipinski definition) is 2. The van der Waals surface area contributed by atoms with Crippen molar-refractivity contribution in [2.45, 2.75) is 44.7 Å². The van der Waals surface area contributed by atoms with E-state index in [9.17, 15) is 9.59 Å². The number of rotatable bonds is 5. The topological polar surface area (TPSA) is 103 Å². The van der Waals surface area contributed by atoms with Gasteiger partial charge in [0.05, 0.1) is 6.20 Å². The van der Waals surface area contributed by atoms with Gasteiger partial charge in [-0.15, -0.1) is 0 Å². The van der Waals surface area contributed by atoms with Crippen LogP contribution in [0.1, 0.15) is 47.6 Å².